The van der Waals surface area contributed by atoms with Gasteiger partial charge >= 0.3 is 12.0 Å². The summed E-state index contributed by atoms with van der Waals surface area (Å²) in [4.78, 5) is 21.8. The largest absolute Gasteiger partial charge is 0.480 e. The lowest BCUT2D eigenvalue weighted by Crippen LogP contribution is -2.53. The van der Waals surface area contributed by atoms with Crippen molar-refractivity contribution in [2.75, 3.05) is 12.3 Å². The smallest absolute Gasteiger partial charge is 0.328 e. The van der Waals surface area contributed by atoms with E-state index in [0.29, 0.717) is 0 Å². The van der Waals surface area contributed by atoms with E-state index in [9.17, 15) is 18.0 Å². The van der Waals surface area contributed by atoms with E-state index < -0.39 is 33.3 Å². The standard InChI is InChI=1S/C7H15N3O5S/c1-7(2,5(11)12)10-6(13)9-3-4-16(8,14)15/h3-4H2,1-2H3,(H,11,12)(H2,8,14,15)(H2,9,10,13). The maximum Gasteiger partial charge on any atom is 0.328 e. The van der Waals surface area contributed by atoms with E-state index in [2.05, 4.69) is 10.6 Å². The van der Waals surface area contributed by atoms with Crippen molar-refractivity contribution < 1.29 is 23.1 Å². The van der Waals surface area contributed by atoms with Gasteiger partial charge < -0.3 is 15.7 Å². The number of aliphatic carboxylic acids is 1. The molecule has 0 radical (unpaired) electrons. The molecule has 0 aromatic carbocycles. The number of amides is 2. The van der Waals surface area contributed by atoms with Crippen LogP contribution in [0.25, 0.3) is 0 Å². The zero-order valence-electron chi connectivity index (χ0n) is 8.98. The number of carboxylic acids is 1. The van der Waals surface area contributed by atoms with Crippen molar-refractivity contribution in [3.8, 4) is 0 Å². The molecule has 0 bridgehead atoms. The minimum absolute atomic E-state index is 0.180. The summed E-state index contributed by atoms with van der Waals surface area (Å²) in [5.74, 6) is -1.61. The second-order valence-electron chi connectivity index (χ2n) is 3.68. The van der Waals surface area contributed by atoms with E-state index in [1.165, 1.54) is 13.8 Å². The van der Waals surface area contributed by atoms with Gasteiger partial charge in [0.1, 0.15) is 5.54 Å². The Labute approximate surface area is 93.2 Å². The predicted octanol–water partition coefficient (Wildman–Crippen LogP) is -1.56. The Kier molecular flexibility index (Phi) is 4.69. The first-order valence-electron chi connectivity index (χ1n) is 4.34. The highest BCUT2D eigenvalue weighted by atomic mass is 32.2. The first-order valence-corrected chi connectivity index (χ1v) is 6.06. The van der Waals surface area contributed by atoms with Gasteiger partial charge in [-0.2, -0.15) is 0 Å². The van der Waals surface area contributed by atoms with Crippen molar-refractivity contribution in [3.05, 3.63) is 0 Å². The van der Waals surface area contributed by atoms with Gasteiger partial charge in [0.25, 0.3) is 0 Å². The van der Waals surface area contributed by atoms with Gasteiger partial charge in [-0.15, -0.1) is 0 Å². The van der Waals surface area contributed by atoms with Crippen LogP contribution >= 0.6 is 0 Å². The summed E-state index contributed by atoms with van der Waals surface area (Å²) < 4.78 is 21.0. The molecular formula is C7H15N3O5S. The molecule has 0 aromatic rings. The van der Waals surface area contributed by atoms with Gasteiger partial charge in [-0.25, -0.2) is 23.1 Å². The Morgan fingerprint density at radius 2 is 1.88 bits per heavy atom. The molecule has 5 N–H and O–H groups in total. The van der Waals surface area contributed by atoms with Gasteiger partial charge in [0.15, 0.2) is 0 Å². The van der Waals surface area contributed by atoms with Crippen LogP contribution in [0, 0.1) is 0 Å². The molecule has 0 aliphatic heterocycles. The molecule has 0 unspecified atom stereocenters. The average molecular weight is 253 g/mol. The first-order chi connectivity index (χ1) is 7.04. The lowest BCUT2D eigenvalue weighted by atomic mass is 10.1. The Balaban J connectivity index is 4.07. The van der Waals surface area contributed by atoms with Crippen molar-refractivity contribution in [1.29, 1.82) is 0 Å². The third kappa shape index (κ3) is 6.19. The van der Waals surface area contributed by atoms with E-state index in [-0.39, 0.29) is 6.54 Å². The summed E-state index contributed by atoms with van der Waals surface area (Å²) in [6, 6.07) is -0.768. The van der Waals surface area contributed by atoms with E-state index in [1.54, 1.807) is 0 Å². The van der Waals surface area contributed by atoms with Gasteiger partial charge in [-0.1, -0.05) is 0 Å². The number of nitrogens with one attached hydrogen (secondary N) is 2. The average Bonchev–Trinajstić information content (AvgIpc) is 1.99. The third-order valence-corrected chi connectivity index (χ3v) is 2.41. The van der Waals surface area contributed by atoms with Gasteiger partial charge in [-0.05, 0) is 13.8 Å². The summed E-state index contributed by atoms with van der Waals surface area (Å²) in [5, 5.41) is 17.7. The normalized spacial score (nSPS) is 11.9. The van der Waals surface area contributed by atoms with Crippen LogP contribution in [0.5, 0.6) is 0 Å². The van der Waals surface area contributed by atoms with Gasteiger partial charge in [0.2, 0.25) is 10.0 Å². The van der Waals surface area contributed by atoms with Crippen molar-refractivity contribution in [3.63, 3.8) is 0 Å². The SMILES string of the molecule is CC(C)(NC(=O)NCCS(N)(=O)=O)C(=O)O. The number of rotatable bonds is 5. The number of nitrogens with two attached hydrogens (primary N) is 1. The highest BCUT2D eigenvalue weighted by Gasteiger charge is 2.28. The highest BCUT2D eigenvalue weighted by Crippen LogP contribution is 2.00. The fourth-order valence-electron chi connectivity index (χ4n) is 0.688. The minimum Gasteiger partial charge on any atom is -0.480 e. The van der Waals surface area contributed by atoms with Crippen LogP contribution in [0.15, 0.2) is 0 Å². The molecule has 0 saturated carbocycles. The van der Waals surface area contributed by atoms with Crippen LogP contribution in [-0.4, -0.2) is 43.4 Å². The van der Waals surface area contributed by atoms with Crippen molar-refractivity contribution in [2.24, 2.45) is 5.14 Å². The fraction of sp³-hybridized carbons (Fsp3) is 0.714. The fourth-order valence-corrected chi connectivity index (χ4v) is 1.07. The number of urea groups is 1. The number of carboxylic acid groups (broad SMARTS) is 1. The number of carbonyl (C=O) groups excluding carboxylic acids is 1. The van der Waals surface area contributed by atoms with Gasteiger partial charge in [0, 0.05) is 6.54 Å². The molecule has 0 aliphatic carbocycles. The maximum atomic E-state index is 11.1. The Morgan fingerprint density at radius 1 is 1.38 bits per heavy atom. The lowest BCUT2D eigenvalue weighted by Gasteiger charge is -2.21. The number of hydrogen-bond acceptors (Lipinski definition) is 4. The highest BCUT2D eigenvalue weighted by molar-refractivity contribution is 7.89. The Morgan fingerprint density at radius 3 is 2.25 bits per heavy atom. The quantitative estimate of drug-likeness (QED) is 0.469. The molecule has 2 amide bonds. The number of carbonyl (C=O) groups is 2. The maximum absolute atomic E-state index is 11.1. The van der Waals surface area contributed by atoms with Crippen LogP contribution in [0.2, 0.25) is 0 Å². The zero-order valence-corrected chi connectivity index (χ0v) is 9.80. The molecule has 0 fully saturated rings. The first kappa shape index (κ1) is 14.6. The molecule has 0 aromatic heterocycles. The Hall–Kier alpha value is -1.35. The molecule has 0 spiro atoms. The second-order valence-corrected chi connectivity index (χ2v) is 5.41. The van der Waals surface area contributed by atoms with Crippen LogP contribution < -0.4 is 15.8 Å². The lowest BCUT2D eigenvalue weighted by molar-refractivity contribution is -0.142. The molecule has 9 heteroatoms. The molecule has 0 aliphatic rings. The second kappa shape index (κ2) is 5.12. The number of primary sulfonamides is 1. The monoisotopic (exact) mass is 253 g/mol. The van der Waals surface area contributed by atoms with E-state index in [0.717, 1.165) is 0 Å². The number of sulfonamides is 1. The van der Waals surface area contributed by atoms with Crippen LogP contribution in [0.4, 0.5) is 4.79 Å². The van der Waals surface area contributed by atoms with Crippen LogP contribution in [0.1, 0.15) is 13.8 Å². The molecule has 0 atom stereocenters. The summed E-state index contributed by atoms with van der Waals surface area (Å²) in [5.41, 5.74) is -1.42. The Bertz CT molecular complexity index is 375. The molecule has 94 valence electrons. The molecular weight excluding hydrogens is 238 g/mol. The van der Waals surface area contributed by atoms with Crippen LogP contribution in [-0.2, 0) is 14.8 Å². The van der Waals surface area contributed by atoms with Gasteiger partial charge in [-0.3, -0.25) is 0 Å². The van der Waals surface area contributed by atoms with Crippen molar-refractivity contribution >= 4 is 22.0 Å². The van der Waals surface area contributed by atoms with E-state index >= 15 is 0 Å². The summed E-state index contributed by atoms with van der Waals surface area (Å²) >= 11 is 0. The van der Waals surface area contributed by atoms with E-state index in [4.69, 9.17) is 10.2 Å². The summed E-state index contributed by atoms with van der Waals surface area (Å²) in [6.45, 7) is 2.42. The number of hydrogen-bond donors (Lipinski definition) is 4. The van der Waals surface area contributed by atoms with Gasteiger partial charge in [0.05, 0.1) is 5.75 Å². The topological polar surface area (TPSA) is 139 Å². The third-order valence-electron chi connectivity index (χ3n) is 1.63. The molecule has 0 heterocycles. The van der Waals surface area contributed by atoms with Crippen LogP contribution in [0.3, 0.4) is 0 Å². The molecule has 8 nitrogen and oxygen atoms in total. The van der Waals surface area contributed by atoms with E-state index in [1.807, 2.05) is 0 Å². The minimum atomic E-state index is -3.64. The summed E-state index contributed by atoms with van der Waals surface area (Å²) in [6.07, 6.45) is 0. The summed E-state index contributed by atoms with van der Waals surface area (Å²) in [7, 11) is -3.64. The zero-order chi connectivity index (χ0) is 13.0. The van der Waals surface area contributed by atoms with Crippen molar-refractivity contribution in [1.82, 2.24) is 10.6 Å². The molecule has 16 heavy (non-hydrogen) atoms. The molecule has 0 saturated heterocycles. The molecule has 0 rings (SSSR count). The van der Waals surface area contributed by atoms with Crippen molar-refractivity contribution in [2.45, 2.75) is 19.4 Å². The predicted molar refractivity (Wildman–Crippen MR) is 56.2 cm³/mol.